The third kappa shape index (κ3) is 3.02. The molecule has 27 heavy (non-hydrogen) atoms. The Kier molecular flexibility index (Phi) is 4.88. The number of carbonyl (C=O) groups excluding carboxylic acids is 1. The average molecular weight is 441 g/mol. The van der Waals surface area contributed by atoms with Crippen LogP contribution >= 0.6 is 46.8 Å². The first kappa shape index (κ1) is 18.7. The SMILES string of the molecule is COc1c(Cl)cc(C(=O)n2c(=S)[nH]c3sc4c(c3c2=O)CCCC4)cc1Cl. The second-order valence-electron chi connectivity index (χ2n) is 6.26. The molecule has 140 valence electrons. The van der Waals surface area contributed by atoms with Gasteiger partial charge in [0, 0.05) is 10.4 Å². The van der Waals surface area contributed by atoms with E-state index in [0.717, 1.165) is 40.6 Å². The highest BCUT2D eigenvalue weighted by molar-refractivity contribution is 7.71. The van der Waals surface area contributed by atoms with Gasteiger partial charge in [-0.25, -0.2) is 4.57 Å². The molecule has 0 saturated heterocycles. The van der Waals surface area contributed by atoms with Gasteiger partial charge in [-0.05, 0) is 55.6 Å². The number of hydrogen-bond donors (Lipinski definition) is 1. The second-order valence-corrected chi connectivity index (χ2v) is 8.57. The van der Waals surface area contributed by atoms with Gasteiger partial charge in [0.25, 0.3) is 11.5 Å². The number of aromatic nitrogens is 2. The summed E-state index contributed by atoms with van der Waals surface area (Å²) in [4.78, 5) is 31.2. The third-order valence-electron chi connectivity index (χ3n) is 4.66. The average Bonchev–Trinajstić information content (AvgIpc) is 2.99. The number of ether oxygens (including phenoxy) is 1. The van der Waals surface area contributed by atoms with Crippen LogP contribution in [0, 0.1) is 4.77 Å². The Hall–Kier alpha value is -1.67. The molecule has 2 aromatic heterocycles. The van der Waals surface area contributed by atoms with Crippen LogP contribution in [-0.4, -0.2) is 22.6 Å². The lowest BCUT2D eigenvalue weighted by atomic mass is 9.97. The zero-order chi connectivity index (χ0) is 19.3. The zero-order valence-electron chi connectivity index (χ0n) is 14.2. The normalized spacial score (nSPS) is 13.6. The predicted octanol–water partition coefficient (Wildman–Crippen LogP) is 5.00. The first-order chi connectivity index (χ1) is 12.9. The van der Waals surface area contributed by atoms with Gasteiger partial charge in [-0.15, -0.1) is 11.3 Å². The second kappa shape index (κ2) is 7.05. The molecule has 0 radical (unpaired) electrons. The van der Waals surface area contributed by atoms with E-state index in [9.17, 15) is 9.59 Å². The molecule has 9 heteroatoms. The van der Waals surface area contributed by atoms with E-state index in [1.807, 2.05) is 0 Å². The number of aromatic amines is 1. The van der Waals surface area contributed by atoms with E-state index in [4.69, 9.17) is 40.2 Å². The van der Waals surface area contributed by atoms with Gasteiger partial charge in [0.05, 0.1) is 22.5 Å². The summed E-state index contributed by atoms with van der Waals surface area (Å²) in [6, 6.07) is 2.84. The van der Waals surface area contributed by atoms with Gasteiger partial charge < -0.3 is 9.72 Å². The van der Waals surface area contributed by atoms with E-state index < -0.39 is 11.5 Å². The highest BCUT2D eigenvalue weighted by Gasteiger charge is 2.23. The van der Waals surface area contributed by atoms with Crippen LogP contribution in [0.3, 0.4) is 0 Å². The number of fused-ring (bicyclic) bond motifs is 3. The van der Waals surface area contributed by atoms with E-state index in [-0.39, 0.29) is 26.1 Å². The minimum atomic E-state index is -0.578. The van der Waals surface area contributed by atoms with Crippen molar-refractivity contribution in [1.82, 2.24) is 9.55 Å². The lowest BCUT2D eigenvalue weighted by molar-refractivity contribution is 0.0953. The van der Waals surface area contributed by atoms with E-state index >= 15 is 0 Å². The zero-order valence-corrected chi connectivity index (χ0v) is 17.4. The fraction of sp³-hybridized carbons (Fsp3) is 0.278. The first-order valence-electron chi connectivity index (χ1n) is 8.29. The van der Waals surface area contributed by atoms with E-state index in [1.54, 1.807) is 11.3 Å². The molecule has 4 rings (SSSR count). The summed E-state index contributed by atoms with van der Waals surface area (Å²) in [5, 5.41) is 0.929. The van der Waals surface area contributed by atoms with Crippen molar-refractivity contribution in [2.45, 2.75) is 25.7 Å². The van der Waals surface area contributed by atoms with Gasteiger partial charge in [-0.2, -0.15) is 0 Å². The van der Waals surface area contributed by atoms with Crippen molar-refractivity contribution >= 4 is 62.9 Å². The fourth-order valence-electron chi connectivity index (χ4n) is 3.43. The van der Waals surface area contributed by atoms with Crippen LogP contribution in [0.4, 0.5) is 0 Å². The van der Waals surface area contributed by atoms with Crippen LogP contribution in [0.5, 0.6) is 5.75 Å². The fourth-order valence-corrected chi connectivity index (χ4v) is 5.68. The number of hydrogen-bond acceptors (Lipinski definition) is 5. The molecule has 0 saturated carbocycles. The molecule has 1 aliphatic carbocycles. The van der Waals surface area contributed by atoms with Gasteiger partial charge in [0.2, 0.25) is 0 Å². The lowest BCUT2D eigenvalue weighted by Gasteiger charge is -2.11. The number of H-pyrrole nitrogens is 1. The number of benzene rings is 1. The molecular weight excluding hydrogens is 427 g/mol. The van der Waals surface area contributed by atoms with Crippen molar-refractivity contribution in [2.24, 2.45) is 0 Å². The Labute approximate surface area is 173 Å². The van der Waals surface area contributed by atoms with Gasteiger partial charge in [-0.3, -0.25) is 9.59 Å². The monoisotopic (exact) mass is 440 g/mol. The molecule has 3 aromatic rings. The highest BCUT2D eigenvalue weighted by atomic mass is 35.5. The maximum atomic E-state index is 13.2. The number of nitrogens with zero attached hydrogens (tertiary/aromatic N) is 1. The van der Waals surface area contributed by atoms with E-state index in [2.05, 4.69) is 4.98 Å². The molecular formula is C18H14Cl2N2O3S2. The van der Waals surface area contributed by atoms with Crippen molar-refractivity contribution in [3.8, 4) is 5.75 Å². The topological polar surface area (TPSA) is 64.1 Å². The highest BCUT2D eigenvalue weighted by Crippen LogP contribution is 2.35. The Bertz CT molecular complexity index is 1190. The van der Waals surface area contributed by atoms with Crippen molar-refractivity contribution in [2.75, 3.05) is 7.11 Å². The molecule has 0 atom stereocenters. The van der Waals surface area contributed by atoms with E-state index in [1.165, 1.54) is 24.1 Å². The summed E-state index contributed by atoms with van der Waals surface area (Å²) in [5.74, 6) is -0.305. The molecule has 1 N–H and O–H groups in total. The molecule has 1 aliphatic rings. The minimum Gasteiger partial charge on any atom is -0.494 e. The van der Waals surface area contributed by atoms with Gasteiger partial charge in [0.15, 0.2) is 10.5 Å². The standard InChI is InChI=1S/C18H14Cl2N2O3S2/c1-25-14-10(19)6-8(7-11(14)20)16(23)22-17(24)13-9-4-2-3-5-12(9)27-15(13)21-18(22)26/h6-7H,2-5H2,1H3,(H,21,26). The third-order valence-corrected chi connectivity index (χ3v) is 6.72. The summed E-state index contributed by atoms with van der Waals surface area (Å²) < 4.78 is 6.14. The van der Waals surface area contributed by atoms with E-state index in [0.29, 0.717) is 5.39 Å². The summed E-state index contributed by atoms with van der Waals surface area (Å²) in [5.41, 5.74) is 0.793. The van der Waals surface area contributed by atoms with Crippen LogP contribution in [0.25, 0.3) is 10.2 Å². The van der Waals surface area contributed by atoms with Crippen molar-refractivity contribution in [3.05, 3.63) is 53.3 Å². The smallest absolute Gasteiger partial charge is 0.270 e. The molecule has 0 aliphatic heterocycles. The van der Waals surface area contributed by atoms with Crippen molar-refractivity contribution < 1.29 is 9.53 Å². The molecule has 2 heterocycles. The van der Waals surface area contributed by atoms with Crippen LogP contribution < -0.4 is 10.3 Å². The number of carbonyl (C=O) groups is 1. The predicted molar refractivity (Wildman–Crippen MR) is 111 cm³/mol. The summed E-state index contributed by atoms with van der Waals surface area (Å²) in [7, 11) is 1.43. The molecule has 0 amide bonds. The molecule has 0 unspecified atom stereocenters. The van der Waals surface area contributed by atoms with Gasteiger partial charge >= 0.3 is 0 Å². The first-order valence-corrected chi connectivity index (χ1v) is 10.3. The van der Waals surface area contributed by atoms with Gasteiger partial charge in [-0.1, -0.05) is 23.2 Å². The Morgan fingerprint density at radius 2 is 1.93 bits per heavy atom. The molecule has 0 fully saturated rings. The largest absolute Gasteiger partial charge is 0.494 e. The van der Waals surface area contributed by atoms with Crippen LogP contribution in [0.2, 0.25) is 10.0 Å². The van der Waals surface area contributed by atoms with Crippen LogP contribution in [-0.2, 0) is 12.8 Å². The Morgan fingerprint density at radius 1 is 1.26 bits per heavy atom. The van der Waals surface area contributed by atoms with Crippen LogP contribution in [0.1, 0.15) is 33.6 Å². The summed E-state index contributed by atoms with van der Waals surface area (Å²) >= 11 is 19.1. The number of methoxy groups -OCH3 is 1. The van der Waals surface area contributed by atoms with Crippen molar-refractivity contribution in [3.63, 3.8) is 0 Å². The molecule has 5 nitrogen and oxygen atoms in total. The lowest BCUT2D eigenvalue weighted by Crippen LogP contribution is -2.29. The maximum Gasteiger partial charge on any atom is 0.270 e. The number of thiophene rings is 1. The Balaban J connectivity index is 1.93. The number of rotatable bonds is 2. The maximum absolute atomic E-state index is 13.2. The van der Waals surface area contributed by atoms with Crippen LogP contribution in [0.15, 0.2) is 16.9 Å². The molecule has 1 aromatic carbocycles. The molecule has 0 bridgehead atoms. The summed E-state index contributed by atoms with van der Waals surface area (Å²) in [6.45, 7) is 0. The number of halogens is 2. The Morgan fingerprint density at radius 3 is 2.59 bits per heavy atom. The van der Waals surface area contributed by atoms with Gasteiger partial charge in [0.1, 0.15) is 4.83 Å². The number of nitrogens with one attached hydrogen (secondary N) is 1. The summed E-state index contributed by atoms with van der Waals surface area (Å²) in [6.07, 6.45) is 3.93. The molecule has 0 spiro atoms. The quantitative estimate of drug-likeness (QED) is 0.569. The van der Waals surface area contributed by atoms with Crippen molar-refractivity contribution in [1.29, 1.82) is 0 Å². The number of aryl methyl sites for hydroxylation is 2. The minimum absolute atomic E-state index is 0.0548.